The van der Waals surface area contributed by atoms with Crippen LogP contribution in [0.25, 0.3) is 10.2 Å². The van der Waals surface area contributed by atoms with Crippen LogP contribution in [0.3, 0.4) is 0 Å². The third-order valence-electron chi connectivity index (χ3n) is 3.62. The standard InChI is InChI=1S/C14H18N2O2S2/c1-14(2)6-4-9(18-14)8-20-13-15-11-10(5-7-19-11)12(17)16(13)3/h5,7,9H,4,6,8H2,1-3H3. The fraction of sp³-hybridized carbons (Fsp3) is 0.571. The average Bonchev–Trinajstić information content (AvgIpc) is 2.98. The minimum absolute atomic E-state index is 0.0117. The van der Waals surface area contributed by atoms with Crippen molar-refractivity contribution in [2.24, 2.45) is 7.05 Å². The number of thiophene rings is 1. The molecule has 0 radical (unpaired) electrons. The maximum absolute atomic E-state index is 12.2. The fourth-order valence-electron chi connectivity index (χ4n) is 2.47. The summed E-state index contributed by atoms with van der Waals surface area (Å²) in [6, 6.07) is 1.84. The summed E-state index contributed by atoms with van der Waals surface area (Å²) in [7, 11) is 1.79. The molecule has 1 unspecified atom stereocenters. The summed E-state index contributed by atoms with van der Waals surface area (Å²) in [4.78, 5) is 17.6. The second-order valence-electron chi connectivity index (χ2n) is 5.75. The molecule has 6 heteroatoms. The summed E-state index contributed by atoms with van der Waals surface area (Å²) in [5.74, 6) is 0.848. The first kappa shape index (κ1) is 14.1. The monoisotopic (exact) mass is 310 g/mol. The smallest absolute Gasteiger partial charge is 0.262 e. The molecule has 2 aromatic rings. The van der Waals surface area contributed by atoms with E-state index in [0.717, 1.165) is 28.6 Å². The number of rotatable bonds is 3. The van der Waals surface area contributed by atoms with E-state index in [4.69, 9.17) is 4.74 Å². The van der Waals surface area contributed by atoms with Gasteiger partial charge in [0.1, 0.15) is 4.83 Å². The van der Waals surface area contributed by atoms with E-state index in [1.807, 2.05) is 11.4 Å². The molecule has 1 atom stereocenters. The summed E-state index contributed by atoms with van der Waals surface area (Å²) in [5.41, 5.74) is 0.0221. The maximum atomic E-state index is 12.2. The maximum Gasteiger partial charge on any atom is 0.262 e. The van der Waals surface area contributed by atoms with E-state index >= 15 is 0 Å². The van der Waals surface area contributed by atoms with Gasteiger partial charge in [-0.25, -0.2) is 4.98 Å². The molecular weight excluding hydrogens is 292 g/mol. The van der Waals surface area contributed by atoms with Crippen molar-refractivity contribution in [2.75, 3.05) is 5.75 Å². The highest BCUT2D eigenvalue weighted by Crippen LogP contribution is 2.32. The SMILES string of the molecule is Cn1c(SCC2CCC(C)(C)O2)nc2sccc2c1=O. The van der Waals surface area contributed by atoms with E-state index in [1.54, 1.807) is 23.4 Å². The van der Waals surface area contributed by atoms with Crippen molar-refractivity contribution in [3.63, 3.8) is 0 Å². The lowest BCUT2D eigenvalue weighted by atomic mass is 10.1. The van der Waals surface area contributed by atoms with Crippen LogP contribution in [0.15, 0.2) is 21.4 Å². The summed E-state index contributed by atoms with van der Waals surface area (Å²) >= 11 is 3.12. The number of thioether (sulfide) groups is 1. The Balaban J connectivity index is 1.78. The third kappa shape index (κ3) is 2.64. The summed E-state index contributed by atoms with van der Waals surface area (Å²) in [6.07, 6.45) is 2.43. The van der Waals surface area contributed by atoms with Gasteiger partial charge >= 0.3 is 0 Å². The number of aromatic nitrogens is 2. The first-order valence-electron chi connectivity index (χ1n) is 6.71. The van der Waals surface area contributed by atoms with Crippen LogP contribution in [0, 0.1) is 0 Å². The van der Waals surface area contributed by atoms with Gasteiger partial charge in [0.15, 0.2) is 5.16 Å². The predicted octanol–water partition coefficient (Wildman–Crippen LogP) is 3.04. The molecule has 3 rings (SSSR count). The molecule has 0 saturated carbocycles. The van der Waals surface area contributed by atoms with Crippen molar-refractivity contribution in [2.45, 2.75) is 43.6 Å². The molecule has 0 spiro atoms. The molecule has 108 valence electrons. The van der Waals surface area contributed by atoms with Crippen LogP contribution in [0.1, 0.15) is 26.7 Å². The van der Waals surface area contributed by atoms with Gasteiger partial charge in [-0.3, -0.25) is 9.36 Å². The molecule has 1 aliphatic heterocycles. The normalized spacial score (nSPS) is 21.6. The molecule has 2 aromatic heterocycles. The zero-order valence-corrected chi connectivity index (χ0v) is 13.5. The first-order valence-corrected chi connectivity index (χ1v) is 8.58. The van der Waals surface area contributed by atoms with Crippen LogP contribution in [0.5, 0.6) is 0 Å². The number of nitrogens with zero attached hydrogens (tertiary/aromatic N) is 2. The number of fused-ring (bicyclic) bond motifs is 1. The van der Waals surface area contributed by atoms with E-state index in [2.05, 4.69) is 18.8 Å². The van der Waals surface area contributed by atoms with E-state index in [1.165, 1.54) is 11.3 Å². The molecule has 1 aliphatic rings. The quantitative estimate of drug-likeness (QED) is 0.645. The van der Waals surface area contributed by atoms with Gasteiger partial charge in [-0.2, -0.15) is 0 Å². The fourth-order valence-corrected chi connectivity index (χ4v) is 4.29. The zero-order chi connectivity index (χ0) is 14.3. The molecular formula is C14H18N2O2S2. The van der Waals surface area contributed by atoms with E-state index < -0.39 is 0 Å². The molecule has 0 amide bonds. The van der Waals surface area contributed by atoms with Gasteiger partial charge in [0.2, 0.25) is 0 Å². The Bertz CT molecular complexity index is 690. The average molecular weight is 310 g/mol. The Labute approximate surface area is 126 Å². The number of hydrogen-bond donors (Lipinski definition) is 0. The van der Waals surface area contributed by atoms with Gasteiger partial charge in [-0.15, -0.1) is 11.3 Å². The summed E-state index contributed by atoms with van der Waals surface area (Å²) in [6.45, 7) is 4.26. The third-order valence-corrected chi connectivity index (χ3v) is 5.58. The first-order chi connectivity index (χ1) is 9.46. The molecule has 0 aromatic carbocycles. The van der Waals surface area contributed by atoms with Crippen LogP contribution in [0.2, 0.25) is 0 Å². The Morgan fingerprint density at radius 2 is 2.40 bits per heavy atom. The number of hydrogen-bond acceptors (Lipinski definition) is 5. The van der Waals surface area contributed by atoms with Crippen molar-refractivity contribution in [3.8, 4) is 0 Å². The molecule has 1 fully saturated rings. The van der Waals surface area contributed by atoms with Gasteiger partial charge in [0, 0.05) is 12.8 Å². The molecule has 4 nitrogen and oxygen atoms in total. The van der Waals surface area contributed by atoms with E-state index in [9.17, 15) is 4.79 Å². The van der Waals surface area contributed by atoms with E-state index in [-0.39, 0.29) is 17.3 Å². The van der Waals surface area contributed by atoms with Crippen LogP contribution >= 0.6 is 23.1 Å². The zero-order valence-electron chi connectivity index (χ0n) is 11.9. The Kier molecular flexibility index (Phi) is 3.64. The van der Waals surface area contributed by atoms with Crippen LogP contribution in [-0.4, -0.2) is 27.0 Å². The van der Waals surface area contributed by atoms with Crippen LogP contribution in [-0.2, 0) is 11.8 Å². The highest BCUT2D eigenvalue weighted by molar-refractivity contribution is 7.99. The Morgan fingerprint density at radius 1 is 1.60 bits per heavy atom. The van der Waals surface area contributed by atoms with Crippen molar-refractivity contribution in [1.29, 1.82) is 0 Å². The Morgan fingerprint density at radius 3 is 3.10 bits per heavy atom. The summed E-state index contributed by atoms with van der Waals surface area (Å²) in [5, 5.41) is 3.40. The van der Waals surface area contributed by atoms with Gasteiger partial charge in [0.25, 0.3) is 5.56 Å². The largest absolute Gasteiger partial charge is 0.371 e. The Hall–Kier alpha value is -0.850. The topological polar surface area (TPSA) is 44.1 Å². The van der Waals surface area contributed by atoms with Crippen molar-refractivity contribution >= 4 is 33.3 Å². The van der Waals surface area contributed by atoms with E-state index in [0.29, 0.717) is 5.39 Å². The van der Waals surface area contributed by atoms with Gasteiger partial charge in [0.05, 0.1) is 17.1 Å². The predicted molar refractivity (Wildman–Crippen MR) is 83.8 cm³/mol. The van der Waals surface area contributed by atoms with Gasteiger partial charge in [-0.1, -0.05) is 11.8 Å². The minimum Gasteiger partial charge on any atom is -0.371 e. The minimum atomic E-state index is -0.0117. The summed E-state index contributed by atoms with van der Waals surface area (Å²) < 4.78 is 7.62. The molecule has 0 aliphatic carbocycles. The van der Waals surface area contributed by atoms with Gasteiger partial charge < -0.3 is 4.74 Å². The highest BCUT2D eigenvalue weighted by Gasteiger charge is 2.31. The lowest BCUT2D eigenvalue weighted by molar-refractivity contribution is -0.00469. The molecule has 20 heavy (non-hydrogen) atoms. The van der Waals surface area contributed by atoms with Crippen LogP contribution < -0.4 is 5.56 Å². The van der Waals surface area contributed by atoms with Gasteiger partial charge in [-0.05, 0) is 38.1 Å². The molecule has 0 bridgehead atoms. The molecule has 0 N–H and O–H groups in total. The highest BCUT2D eigenvalue weighted by atomic mass is 32.2. The van der Waals surface area contributed by atoms with Crippen molar-refractivity contribution in [3.05, 3.63) is 21.8 Å². The van der Waals surface area contributed by atoms with Crippen LogP contribution in [0.4, 0.5) is 0 Å². The second kappa shape index (κ2) is 5.16. The van der Waals surface area contributed by atoms with Crippen molar-refractivity contribution in [1.82, 2.24) is 9.55 Å². The lowest BCUT2D eigenvalue weighted by Crippen LogP contribution is -2.22. The molecule has 3 heterocycles. The number of ether oxygens (including phenoxy) is 1. The lowest BCUT2D eigenvalue weighted by Gasteiger charge is -2.19. The second-order valence-corrected chi connectivity index (χ2v) is 7.63. The van der Waals surface area contributed by atoms with Crippen molar-refractivity contribution < 1.29 is 4.74 Å². The molecule has 1 saturated heterocycles.